The van der Waals surface area contributed by atoms with Crippen LogP contribution in [0.4, 0.5) is 11.8 Å². The van der Waals surface area contributed by atoms with Crippen molar-refractivity contribution in [3.8, 4) is 0 Å². The van der Waals surface area contributed by atoms with Gasteiger partial charge in [-0.25, -0.2) is 15.0 Å². The Kier molecular flexibility index (Phi) is 6.89. The number of likely N-dealkylation sites (N-methyl/N-ethyl adjacent to an activating group) is 1. The van der Waals surface area contributed by atoms with Crippen molar-refractivity contribution in [1.29, 1.82) is 0 Å². The molecule has 0 bridgehead atoms. The highest BCUT2D eigenvalue weighted by atomic mass is 16.2. The summed E-state index contributed by atoms with van der Waals surface area (Å²) in [6.07, 6.45) is 11.6. The van der Waals surface area contributed by atoms with Gasteiger partial charge in [0, 0.05) is 37.1 Å². The highest BCUT2D eigenvalue weighted by Crippen LogP contribution is 2.28. The van der Waals surface area contributed by atoms with Gasteiger partial charge in [-0.1, -0.05) is 25.3 Å². The first-order chi connectivity index (χ1) is 14.7. The highest BCUT2D eigenvalue weighted by molar-refractivity contribution is 5.78. The van der Waals surface area contributed by atoms with Crippen LogP contribution in [0.15, 0.2) is 36.7 Å². The largest absolute Gasteiger partial charge is 0.342 e. The molecule has 30 heavy (non-hydrogen) atoms. The second kappa shape index (κ2) is 9.98. The van der Waals surface area contributed by atoms with E-state index < -0.39 is 0 Å². The van der Waals surface area contributed by atoms with Crippen LogP contribution in [0.1, 0.15) is 56.6 Å². The number of nitrogens with zero attached hydrogens (tertiary/aromatic N) is 5. The first-order valence-corrected chi connectivity index (χ1v) is 11.2. The van der Waals surface area contributed by atoms with Crippen molar-refractivity contribution in [1.82, 2.24) is 24.8 Å². The molecule has 0 radical (unpaired) electrons. The zero-order valence-corrected chi connectivity index (χ0v) is 17.8. The summed E-state index contributed by atoms with van der Waals surface area (Å²) in [5.74, 6) is 2.02. The summed E-state index contributed by atoms with van der Waals surface area (Å²) in [5.41, 5.74) is 1.10. The lowest BCUT2D eigenvalue weighted by molar-refractivity contribution is -0.134. The number of nitrogens with one attached hydrogen (secondary N) is 1. The van der Waals surface area contributed by atoms with Crippen LogP contribution in [0, 0.1) is 0 Å². The van der Waals surface area contributed by atoms with Gasteiger partial charge in [-0.05, 0) is 57.0 Å². The van der Waals surface area contributed by atoms with E-state index in [1.165, 1.54) is 19.3 Å². The summed E-state index contributed by atoms with van der Waals surface area (Å²) >= 11 is 0. The zero-order chi connectivity index (χ0) is 20.8. The maximum atomic E-state index is 12.7. The van der Waals surface area contributed by atoms with Crippen molar-refractivity contribution in [3.63, 3.8) is 0 Å². The van der Waals surface area contributed by atoms with Gasteiger partial charge in [0.1, 0.15) is 5.82 Å². The Morgan fingerprint density at radius 2 is 1.80 bits per heavy atom. The van der Waals surface area contributed by atoms with Crippen molar-refractivity contribution in [2.75, 3.05) is 32.0 Å². The molecule has 160 valence electrons. The molecule has 1 aliphatic carbocycles. The number of carbonyl (C=O) groups is 1. The normalized spacial score (nSPS) is 18.8. The second-order valence-electron chi connectivity index (χ2n) is 8.49. The minimum Gasteiger partial charge on any atom is -0.342 e. The molecular formula is C23H32N6O. The summed E-state index contributed by atoms with van der Waals surface area (Å²) in [5, 5.41) is 3.17. The van der Waals surface area contributed by atoms with Gasteiger partial charge in [0.25, 0.3) is 0 Å². The van der Waals surface area contributed by atoms with Crippen LogP contribution in [0.2, 0.25) is 0 Å². The third kappa shape index (κ3) is 5.33. The van der Waals surface area contributed by atoms with Gasteiger partial charge >= 0.3 is 0 Å². The van der Waals surface area contributed by atoms with E-state index in [-0.39, 0.29) is 5.91 Å². The molecule has 4 rings (SSSR count). The topological polar surface area (TPSA) is 74.2 Å². The first kappa shape index (κ1) is 20.7. The van der Waals surface area contributed by atoms with Crippen molar-refractivity contribution < 1.29 is 4.79 Å². The van der Waals surface area contributed by atoms with E-state index >= 15 is 0 Å². The molecule has 2 aromatic rings. The Morgan fingerprint density at radius 3 is 2.53 bits per heavy atom. The Labute approximate surface area is 178 Å². The number of likely N-dealkylation sites (tertiary alicyclic amines) is 1. The molecule has 0 spiro atoms. The molecule has 3 heterocycles. The van der Waals surface area contributed by atoms with Crippen molar-refractivity contribution >= 4 is 17.7 Å². The fraction of sp³-hybridized carbons (Fsp3) is 0.565. The summed E-state index contributed by atoms with van der Waals surface area (Å²) in [4.78, 5) is 30.2. The van der Waals surface area contributed by atoms with Gasteiger partial charge in [0.15, 0.2) is 0 Å². The van der Waals surface area contributed by atoms with Crippen molar-refractivity contribution in [2.45, 2.75) is 56.9 Å². The minimum absolute atomic E-state index is 0.271. The van der Waals surface area contributed by atoms with Gasteiger partial charge < -0.3 is 10.2 Å². The molecule has 7 nitrogen and oxygen atoms in total. The number of piperidine rings is 1. The first-order valence-electron chi connectivity index (χ1n) is 11.2. The van der Waals surface area contributed by atoms with Crippen LogP contribution >= 0.6 is 0 Å². The summed E-state index contributed by atoms with van der Waals surface area (Å²) in [7, 11) is 1.99. The SMILES string of the molecule is CN(C(=O)CN1CCC(c2cccc(Nc3ncccn3)n2)CC1)C1CCCCC1. The number of carbonyl (C=O) groups excluding carboxylic acids is 1. The Bertz CT molecular complexity index is 815. The lowest BCUT2D eigenvalue weighted by Gasteiger charge is -2.35. The number of hydrogen-bond donors (Lipinski definition) is 1. The lowest BCUT2D eigenvalue weighted by Crippen LogP contribution is -2.45. The fourth-order valence-corrected chi connectivity index (χ4v) is 4.59. The van der Waals surface area contributed by atoms with Crippen LogP contribution in [-0.2, 0) is 4.79 Å². The predicted octanol–water partition coefficient (Wildman–Crippen LogP) is 3.59. The van der Waals surface area contributed by atoms with E-state index in [1.807, 2.05) is 24.1 Å². The molecule has 2 fully saturated rings. The van der Waals surface area contributed by atoms with Gasteiger partial charge in [0.05, 0.1) is 6.54 Å². The van der Waals surface area contributed by atoms with Crippen molar-refractivity contribution in [2.24, 2.45) is 0 Å². The second-order valence-corrected chi connectivity index (χ2v) is 8.49. The van der Waals surface area contributed by atoms with Gasteiger partial charge in [-0.3, -0.25) is 9.69 Å². The van der Waals surface area contributed by atoms with Crippen LogP contribution in [-0.4, -0.2) is 63.4 Å². The molecule has 7 heteroatoms. The van der Waals surface area contributed by atoms with Crippen LogP contribution < -0.4 is 5.32 Å². The maximum Gasteiger partial charge on any atom is 0.236 e. The van der Waals surface area contributed by atoms with Crippen molar-refractivity contribution in [3.05, 3.63) is 42.4 Å². The maximum absolute atomic E-state index is 12.7. The van der Waals surface area contributed by atoms with Crippen LogP contribution in [0.5, 0.6) is 0 Å². The zero-order valence-electron chi connectivity index (χ0n) is 17.8. The summed E-state index contributed by atoms with van der Waals surface area (Å²) in [6.45, 7) is 2.42. The monoisotopic (exact) mass is 408 g/mol. The molecular weight excluding hydrogens is 376 g/mol. The third-order valence-corrected chi connectivity index (χ3v) is 6.46. The van der Waals surface area contributed by atoms with Crippen LogP contribution in [0.25, 0.3) is 0 Å². The van der Waals surface area contributed by atoms with E-state index in [0.717, 1.165) is 50.3 Å². The van der Waals surface area contributed by atoms with E-state index in [0.29, 0.717) is 24.5 Å². The minimum atomic E-state index is 0.271. The molecule has 2 aromatic heterocycles. The highest BCUT2D eigenvalue weighted by Gasteiger charge is 2.26. The van der Waals surface area contributed by atoms with E-state index in [1.54, 1.807) is 18.5 Å². The van der Waals surface area contributed by atoms with E-state index in [4.69, 9.17) is 4.98 Å². The molecule has 1 N–H and O–H groups in total. The molecule has 1 aliphatic heterocycles. The molecule has 0 atom stereocenters. The number of rotatable bonds is 6. The number of pyridine rings is 1. The average Bonchev–Trinajstić information content (AvgIpc) is 2.80. The Balaban J connectivity index is 1.28. The Hall–Kier alpha value is -2.54. The van der Waals surface area contributed by atoms with E-state index in [2.05, 4.69) is 26.3 Å². The molecule has 2 aliphatic rings. The number of aromatic nitrogens is 3. The smallest absolute Gasteiger partial charge is 0.236 e. The third-order valence-electron chi connectivity index (χ3n) is 6.46. The average molecular weight is 409 g/mol. The molecule has 0 aromatic carbocycles. The number of hydrogen-bond acceptors (Lipinski definition) is 6. The van der Waals surface area contributed by atoms with Gasteiger partial charge in [-0.15, -0.1) is 0 Å². The van der Waals surface area contributed by atoms with Gasteiger partial charge in [-0.2, -0.15) is 0 Å². The Morgan fingerprint density at radius 1 is 1.07 bits per heavy atom. The van der Waals surface area contributed by atoms with Gasteiger partial charge in [0.2, 0.25) is 11.9 Å². The summed E-state index contributed by atoms with van der Waals surface area (Å²) in [6, 6.07) is 8.30. The molecule has 1 saturated carbocycles. The standard InChI is InChI=1S/C23H32N6O/c1-28(19-7-3-2-4-8-19)22(30)17-29-15-11-18(12-16-29)20-9-5-10-21(26-20)27-23-24-13-6-14-25-23/h5-6,9-10,13-14,18-19H,2-4,7-8,11-12,15-17H2,1H3,(H,24,25,26,27). The van der Waals surface area contributed by atoms with E-state index in [9.17, 15) is 4.79 Å². The molecule has 0 unspecified atom stereocenters. The number of amides is 1. The molecule has 1 amide bonds. The molecule has 1 saturated heterocycles. The lowest BCUT2D eigenvalue weighted by atomic mass is 9.92. The van der Waals surface area contributed by atoms with Crippen LogP contribution in [0.3, 0.4) is 0 Å². The predicted molar refractivity (Wildman–Crippen MR) is 118 cm³/mol. The number of anilines is 2. The fourth-order valence-electron chi connectivity index (χ4n) is 4.59. The summed E-state index contributed by atoms with van der Waals surface area (Å²) < 4.78 is 0. The quantitative estimate of drug-likeness (QED) is 0.787.